The Morgan fingerprint density at radius 2 is 1.63 bits per heavy atom. The average Bonchev–Trinajstić information content (AvgIpc) is 3.12. The number of ether oxygens (including phenoxy) is 1. The van der Waals surface area contributed by atoms with Gasteiger partial charge in [0.2, 0.25) is 5.89 Å². The van der Waals surface area contributed by atoms with Gasteiger partial charge < -0.3 is 9.15 Å². The standard InChI is InChI=1S/C20H16N2O4S/c1-25-16-10-12-17(13-11-16)27(23,24)22-15-8-6-14(7-9-15)20-21-18-4-2-3-5-19(18)26-20/h2-13,22H,1H3. The Morgan fingerprint density at radius 3 is 2.30 bits per heavy atom. The lowest BCUT2D eigenvalue weighted by Gasteiger charge is -2.09. The smallest absolute Gasteiger partial charge is 0.261 e. The first kappa shape index (κ1) is 17.1. The summed E-state index contributed by atoms with van der Waals surface area (Å²) < 4.78 is 38.3. The molecule has 0 amide bonds. The van der Waals surface area contributed by atoms with E-state index in [4.69, 9.17) is 9.15 Å². The van der Waals surface area contributed by atoms with Gasteiger partial charge in [-0.3, -0.25) is 4.72 Å². The normalized spacial score (nSPS) is 11.4. The summed E-state index contributed by atoms with van der Waals surface area (Å²) in [4.78, 5) is 4.59. The molecule has 0 radical (unpaired) electrons. The van der Waals surface area contributed by atoms with Crippen LogP contribution in [0, 0.1) is 0 Å². The summed E-state index contributed by atoms with van der Waals surface area (Å²) >= 11 is 0. The van der Waals surface area contributed by atoms with Crippen molar-refractivity contribution >= 4 is 26.8 Å². The molecule has 0 spiro atoms. The molecule has 0 saturated heterocycles. The molecule has 0 aliphatic heterocycles. The topological polar surface area (TPSA) is 81.4 Å². The van der Waals surface area contributed by atoms with E-state index >= 15 is 0 Å². The fraction of sp³-hybridized carbons (Fsp3) is 0.0500. The van der Waals surface area contributed by atoms with Crippen molar-refractivity contribution in [2.24, 2.45) is 0 Å². The molecule has 0 bridgehead atoms. The number of para-hydroxylation sites is 2. The van der Waals surface area contributed by atoms with E-state index < -0.39 is 10.0 Å². The molecular weight excluding hydrogens is 364 g/mol. The number of nitrogens with zero attached hydrogens (tertiary/aromatic N) is 1. The molecule has 4 rings (SSSR count). The SMILES string of the molecule is COc1ccc(S(=O)(=O)Nc2ccc(-c3nc4ccccc4o3)cc2)cc1. The van der Waals surface area contributed by atoms with E-state index in [0.29, 0.717) is 22.9 Å². The minimum atomic E-state index is -3.68. The summed E-state index contributed by atoms with van der Waals surface area (Å²) in [6, 6.07) is 20.6. The molecule has 0 atom stereocenters. The zero-order chi connectivity index (χ0) is 18.9. The summed E-state index contributed by atoms with van der Waals surface area (Å²) in [6.07, 6.45) is 0. The molecule has 0 unspecified atom stereocenters. The first-order chi connectivity index (χ1) is 13.0. The second-order valence-corrected chi connectivity index (χ2v) is 7.53. The minimum absolute atomic E-state index is 0.159. The molecule has 1 aromatic heterocycles. The predicted molar refractivity (Wildman–Crippen MR) is 103 cm³/mol. The number of anilines is 1. The fourth-order valence-electron chi connectivity index (χ4n) is 2.65. The third-order valence-electron chi connectivity index (χ3n) is 4.05. The van der Waals surface area contributed by atoms with Crippen LogP contribution < -0.4 is 9.46 Å². The number of oxazole rings is 1. The van der Waals surface area contributed by atoms with Crippen LogP contribution in [-0.2, 0) is 10.0 Å². The third kappa shape index (κ3) is 3.50. The first-order valence-electron chi connectivity index (χ1n) is 8.18. The van der Waals surface area contributed by atoms with Gasteiger partial charge in [-0.25, -0.2) is 13.4 Å². The fourth-order valence-corrected chi connectivity index (χ4v) is 3.70. The molecule has 27 heavy (non-hydrogen) atoms. The van der Waals surface area contributed by atoms with Crippen LogP contribution in [0.15, 0.2) is 82.1 Å². The first-order valence-corrected chi connectivity index (χ1v) is 9.66. The Hall–Kier alpha value is -3.32. The van der Waals surface area contributed by atoms with E-state index in [1.54, 1.807) is 36.4 Å². The zero-order valence-corrected chi connectivity index (χ0v) is 15.2. The molecule has 0 aliphatic carbocycles. The maximum atomic E-state index is 12.5. The summed E-state index contributed by atoms with van der Waals surface area (Å²) in [5, 5.41) is 0. The maximum Gasteiger partial charge on any atom is 0.261 e. The molecule has 4 aromatic rings. The van der Waals surface area contributed by atoms with Crippen molar-refractivity contribution in [3.63, 3.8) is 0 Å². The molecule has 0 saturated carbocycles. The third-order valence-corrected chi connectivity index (χ3v) is 5.44. The van der Waals surface area contributed by atoms with Gasteiger partial charge in [-0.15, -0.1) is 0 Å². The lowest BCUT2D eigenvalue weighted by atomic mass is 10.2. The van der Waals surface area contributed by atoms with Gasteiger partial charge in [0, 0.05) is 11.3 Å². The highest BCUT2D eigenvalue weighted by atomic mass is 32.2. The van der Waals surface area contributed by atoms with Crippen LogP contribution in [0.2, 0.25) is 0 Å². The second kappa shape index (κ2) is 6.77. The van der Waals surface area contributed by atoms with Crippen LogP contribution in [0.25, 0.3) is 22.6 Å². The monoisotopic (exact) mass is 380 g/mol. The number of benzene rings is 3. The van der Waals surface area contributed by atoms with Crippen molar-refractivity contribution in [2.45, 2.75) is 4.90 Å². The van der Waals surface area contributed by atoms with Crippen molar-refractivity contribution in [1.82, 2.24) is 4.98 Å². The number of sulfonamides is 1. The number of nitrogens with one attached hydrogen (secondary N) is 1. The van der Waals surface area contributed by atoms with Gasteiger partial charge in [0.15, 0.2) is 5.58 Å². The highest BCUT2D eigenvalue weighted by molar-refractivity contribution is 7.92. The summed E-state index contributed by atoms with van der Waals surface area (Å²) in [6.45, 7) is 0. The quantitative estimate of drug-likeness (QED) is 0.558. The van der Waals surface area contributed by atoms with E-state index in [0.717, 1.165) is 11.1 Å². The summed E-state index contributed by atoms with van der Waals surface area (Å²) in [5.74, 6) is 1.08. The Bertz CT molecular complexity index is 1150. The molecular formula is C20H16N2O4S. The Morgan fingerprint density at radius 1 is 0.926 bits per heavy atom. The van der Waals surface area contributed by atoms with Gasteiger partial charge in [0.05, 0.1) is 12.0 Å². The maximum absolute atomic E-state index is 12.5. The van der Waals surface area contributed by atoms with Crippen molar-refractivity contribution in [1.29, 1.82) is 0 Å². The lowest BCUT2D eigenvalue weighted by Crippen LogP contribution is -2.12. The highest BCUT2D eigenvalue weighted by Gasteiger charge is 2.15. The zero-order valence-electron chi connectivity index (χ0n) is 14.4. The van der Waals surface area contributed by atoms with E-state index in [1.807, 2.05) is 24.3 Å². The van der Waals surface area contributed by atoms with Gasteiger partial charge in [0.25, 0.3) is 10.0 Å². The van der Waals surface area contributed by atoms with Crippen molar-refractivity contribution in [3.05, 3.63) is 72.8 Å². The van der Waals surface area contributed by atoms with Gasteiger partial charge in [0.1, 0.15) is 11.3 Å². The van der Waals surface area contributed by atoms with Gasteiger partial charge in [-0.2, -0.15) is 0 Å². The summed E-state index contributed by atoms with van der Waals surface area (Å²) in [7, 11) is -2.15. The highest BCUT2D eigenvalue weighted by Crippen LogP contribution is 2.26. The largest absolute Gasteiger partial charge is 0.497 e. The molecule has 1 heterocycles. The van der Waals surface area contributed by atoms with Gasteiger partial charge in [-0.1, -0.05) is 12.1 Å². The van der Waals surface area contributed by atoms with Gasteiger partial charge in [-0.05, 0) is 60.7 Å². The number of methoxy groups -OCH3 is 1. The lowest BCUT2D eigenvalue weighted by molar-refractivity contribution is 0.414. The number of hydrogen-bond donors (Lipinski definition) is 1. The van der Waals surface area contributed by atoms with Crippen LogP contribution in [0.1, 0.15) is 0 Å². The summed E-state index contributed by atoms with van der Waals surface area (Å²) in [5.41, 5.74) is 2.69. The van der Waals surface area contributed by atoms with Crippen LogP contribution in [0.4, 0.5) is 5.69 Å². The van der Waals surface area contributed by atoms with Crippen molar-refractivity contribution < 1.29 is 17.6 Å². The molecule has 136 valence electrons. The second-order valence-electron chi connectivity index (χ2n) is 5.85. The number of aromatic nitrogens is 1. The van der Waals surface area contributed by atoms with Crippen LogP contribution in [-0.4, -0.2) is 20.5 Å². The van der Waals surface area contributed by atoms with Crippen LogP contribution in [0.3, 0.4) is 0 Å². The molecule has 3 aromatic carbocycles. The van der Waals surface area contributed by atoms with Crippen molar-refractivity contribution in [3.8, 4) is 17.2 Å². The Labute approximate surface area is 156 Å². The van der Waals surface area contributed by atoms with Gasteiger partial charge >= 0.3 is 0 Å². The van der Waals surface area contributed by atoms with Crippen LogP contribution in [0.5, 0.6) is 5.75 Å². The number of hydrogen-bond acceptors (Lipinski definition) is 5. The Balaban J connectivity index is 1.56. The Kier molecular flexibility index (Phi) is 4.29. The number of rotatable bonds is 5. The predicted octanol–water partition coefficient (Wildman–Crippen LogP) is 4.30. The van der Waals surface area contributed by atoms with E-state index in [-0.39, 0.29) is 4.90 Å². The van der Waals surface area contributed by atoms with E-state index in [1.165, 1.54) is 19.2 Å². The molecule has 7 heteroatoms. The average molecular weight is 380 g/mol. The van der Waals surface area contributed by atoms with Crippen molar-refractivity contribution in [2.75, 3.05) is 11.8 Å². The molecule has 6 nitrogen and oxygen atoms in total. The molecule has 0 aliphatic rings. The number of fused-ring (bicyclic) bond motifs is 1. The van der Waals surface area contributed by atoms with E-state index in [2.05, 4.69) is 9.71 Å². The minimum Gasteiger partial charge on any atom is -0.497 e. The van der Waals surface area contributed by atoms with Crippen LogP contribution >= 0.6 is 0 Å². The molecule has 1 N–H and O–H groups in total. The molecule has 0 fully saturated rings. The van der Waals surface area contributed by atoms with E-state index in [9.17, 15) is 8.42 Å².